The molecular formula is C15H16N2OS. The standard InChI is InChI=1S/C15H16N2OS/c1-9-3-5-12(7-10(9)2)19-14-6-4-11(16)8-13(14)15(17)18/h3-8H,16H2,1-2H3,(H2,17,18). The number of benzene rings is 2. The molecule has 3 nitrogen and oxygen atoms in total. The Morgan fingerprint density at radius 2 is 1.79 bits per heavy atom. The van der Waals surface area contributed by atoms with Gasteiger partial charge in [0, 0.05) is 15.5 Å². The van der Waals surface area contributed by atoms with E-state index in [0.717, 1.165) is 9.79 Å². The molecule has 0 unspecified atom stereocenters. The lowest BCUT2D eigenvalue weighted by Crippen LogP contribution is -2.12. The number of carbonyl (C=O) groups excluding carboxylic acids is 1. The summed E-state index contributed by atoms with van der Waals surface area (Å²) < 4.78 is 0. The zero-order valence-corrected chi connectivity index (χ0v) is 11.8. The Balaban J connectivity index is 2.37. The average molecular weight is 272 g/mol. The van der Waals surface area contributed by atoms with Crippen molar-refractivity contribution in [2.24, 2.45) is 5.73 Å². The fourth-order valence-corrected chi connectivity index (χ4v) is 2.76. The third kappa shape index (κ3) is 3.09. The van der Waals surface area contributed by atoms with Gasteiger partial charge in [-0.05, 0) is 55.3 Å². The Morgan fingerprint density at radius 1 is 1.05 bits per heavy atom. The van der Waals surface area contributed by atoms with Crippen LogP contribution in [0.4, 0.5) is 5.69 Å². The van der Waals surface area contributed by atoms with Crippen molar-refractivity contribution in [3.63, 3.8) is 0 Å². The third-order valence-electron chi connectivity index (χ3n) is 2.98. The maximum absolute atomic E-state index is 11.4. The minimum atomic E-state index is -0.460. The molecule has 2 rings (SSSR count). The van der Waals surface area contributed by atoms with Crippen molar-refractivity contribution in [2.45, 2.75) is 23.6 Å². The van der Waals surface area contributed by atoms with E-state index in [1.165, 1.54) is 22.9 Å². The lowest BCUT2D eigenvalue weighted by molar-refractivity contribution is 0.0997. The molecule has 0 fully saturated rings. The topological polar surface area (TPSA) is 69.1 Å². The van der Waals surface area contributed by atoms with E-state index in [0.29, 0.717) is 11.3 Å². The van der Waals surface area contributed by atoms with E-state index in [2.05, 4.69) is 26.0 Å². The average Bonchev–Trinajstić information content (AvgIpc) is 2.36. The first-order valence-corrected chi connectivity index (χ1v) is 6.73. The molecule has 0 radical (unpaired) electrons. The summed E-state index contributed by atoms with van der Waals surface area (Å²) in [5.74, 6) is -0.460. The van der Waals surface area contributed by atoms with Gasteiger partial charge in [0.15, 0.2) is 0 Å². The second-order valence-electron chi connectivity index (χ2n) is 4.47. The monoisotopic (exact) mass is 272 g/mol. The van der Waals surface area contributed by atoms with E-state index >= 15 is 0 Å². The van der Waals surface area contributed by atoms with Gasteiger partial charge in [-0.3, -0.25) is 4.79 Å². The highest BCUT2D eigenvalue weighted by atomic mass is 32.2. The van der Waals surface area contributed by atoms with Crippen molar-refractivity contribution in [1.29, 1.82) is 0 Å². The van der Waals surface area contributed by atoms with Crippen LogP contribution in [0.3, 0.4) is 0 Å². The number of rotatable bonds is 3. The van der Waals surface area contributed by atoms with Crippen LogP contribution < -0.4 is 11.5 Å². The Bertz CT molecular complexity index is 638. The van der Waals surface area contributed by atoms with Gasteiger partial charge in [0.05, 0.1) is 5.56 Å². The van der Waals surface area contributed by atoms with Gasteiger partial charge in [0.2, 0.25) is 5.91 Å². The van der Waals surface area contributed by atoms with Crippen LogP contribution in [0.15, 0.2) is 46.2 Å². The van der Waals surface area contributed by atoms with Crippen molar-refractivity contribution in [1.82, 2.24) is 0 Å². The van der Waals surface area contributed by atoms with Crippen molar-refractivity contribution in [2.75, 3.05) is 5.73 Å². The number of hydrogen-bond acceptors (Lipinski definition) is 3. The minimum absolute atomic E-state index is 0.460. The fourth-order valence-electron chi connectivity index (χ4n) is 1.73. The highest BCUT2D eigenvalue weighted by Gasteiger charge is 2.10. The molecule has 2 aromatic rings. The van der Waals surface area contributed by atoms with Crippen molar-refractivity contribution < 1.29 is 4.79 Å². The lowest BCUT2D eigenvalue weighted by Gasteiger charge is -2.09. The molecule has 2 aromatic carbocycles. The highest BCUT2D eigenvalue weighted by Crippen LogP contribution is 2.32. The van der Waals surface area contributed by atoms with Crippen LogP contribution in [0, 0.1) is 13.8 Å². The molecule has 4 heteroatoms. The van der Waals surface area contributed by atoms with Crippen LogP contribution in [0.5, 0.6) is 0 Å². The highest BCUT2D eigenvalue weighted by molar-refractivity contribution is 7.99. The van der Waals surface area contributed by atoms with E-state index in [1.807, 2.05) is 12.1 Å². The van der Waals surface area contributed by atoms with Gasteiger partial charge in [0.1, 0.15) is 0 Å². The van der Waals surface area contributed by atoms with Crippen LogP contribution in [0.2, 0.25) is 0 Å². The van der Waals surface area contributed by atoms with Crippen LogP contribution in [0.25, 0.3) is 0 Å². The number of aryl methyl sites for hydroxylation is 2. The SMILES string of the molecule is Cc1ccc(Sc2ccc(N)cc2C(N)=O)cc1C. The summed E-state index contributed by atoms with van der Waals surface area (Å²) in [5.41, 5.74) is 14.5. The molecular weight excluding hydrogens is 256 g/mol. The van der Waals surface area contributed by atoms with Gasteiger partial charge in [0.25, 0.3) is 0 Å². The molecule has 4 N–H and O–H groups in total. The molecule has 0 aromatic heterocycles. The van der Waals surface area contributed by atoms with Gasteiger partial charge in [-0.1, -0.05) is 17.8 Å². The Labute approximate surface area is 117 Å². The van der Waals surface area contributed by atoms with Gasteiger partial charge in [-0.2, -0.15) is 0 Å². The number of primary amides is 1. The summed E-state index contributed by atoms with van der Waals surface area (Å²) >= 11 is 1.52. The van der Waals surface area contributed by atoms with Crippen LogP contribution in [-0.4, -0.2) is 5.91 Å². The number of amides is 1. The quantitative estimate of drug-likeness (QED) is 0.843. The van der Waals surface area contributed by atoms with E-state index in [4.69, 9.17) is 11.5 Å². The van der Waals surface area contributed by atoms with Gasteiger partial charge in [-0.15, -0.1) is 0 Å². The zero-order valence-electron chi connectivity index (χ0n) is 10.9. The normalized spacial score (nSPS) is 10.4. The number of nitrogens with two attached hydrogens (primary N) is 2. The first kappa shape index (κ1) is 13.5. The first-order chi connectivity index (χ1) is 8.97. The summed E-state index contributed by atoms with van der Waals surface area (Å²) in [6.07, 6.45) is 0. The molecule has 19 heavy (non-hydrogen) atoms. The van der Waals surface area contributed by atoms with Crippen LogP contribution in [0.1, 0.15) is 21.5 Å². The van der Waals surface area contributed by atoms with Crippen LogP contribution >= 0.6 is 11.8 Å². The smallest absolute Gasteiger partial charge is 0.249 e. The van der Waals surface area contributed by atoms with E-state index in [9.17, 15) is 4.79 Å². The number of hydrogen-bond donors (Lipinski definition) is 2. The Hall–Kier alpha value is -1.94. The molecule has 0 spiro atoms. The van der Waals surface area contributed by atoms with Crippen molar-refractivity contribution in [3.05, 3.63) is 53.1 Å². The van der Waals surface area contributed by atoms with Gasteiger partial charge in [-0.25, -0.2) is 0 Å². The molecule has 0 aliphatic carbocycles. The molecule has 98 valence electrons. The summed E-state index contributed by atoms with van der Waals surface area (Å²) in [5, 5.41) is 0. The molecule has 0 saturated carbocycles. The minimum Gasteiger partial charge on any atom is -0.399 e. The molecule has 0 saturated heterocycles. The van der Waals surface area contributed by atoms with Crippen LogP contribution in [-0.2, 0) is 0 Å². The summed E-state index contributed by atoms with van der Waals surface area (Å²) in [6, 6.07) is 11.4. The molecule has 0 bridgehead atoms. The largest absolute Gasteiger partial charge is 0.399 e. The van der Waals surface area contributed by atoms with Gasteiger partial charge >= 0.3 is 0 Å². The predicted octanol–water partition coefficient (Wildman–Crippen LogP) is 3.14. The first-order valence-electron chi connectivity index (χ1n) is 5.92. The van der Waals surface area contributed by atoms with Crippen molar-refractivity contribution in [3.8, 4) is 0 Å². The van der Waals surface area contributed by atoms with E-state index in [-0.39, 0.29) is 0 Å². The number of anilines is 1. The molecule has 0 heterocycles. The molecule has 0 aliphatic heterocycles. The predicted molar refractivity (Wildman–Crippen MR) is 79.4 cm³/mol. The molecule has 0 atom stereocenters. The zero-order chi connectivity index (χ0) is 14.0. The van der Waals surface area contributed by atoms with Gasteiger partial charge < -0.3 is 11.5 Å². The molecule has 0 aliphatic rings. The second kappa shape index (κ2) is 5.36. The number of carbonyl (C=O) groups is 1. The lowest BCUT2D eigenvalue weighted by atomic mass is 10.1. The van der Waals surface area contributed by atoms with E-state index in [1.54, 1.807) is 12.1 Å². The van der Waals surface area contributed by atoms with Crippen molar-refractivity contribution >= 4 is 23.4 Å². The maximum Gasteiger partial charge on any atom is 0.249 e. The molecule has 1 amide bonds. The fraction of sp³-hybridized carbons (Fsp3) is 0.133. The summed E-state index contributed by atoms with van der Waals surface area (Å²) in [7, 11) is 0. The Kier molecular flexibility index (Phi) is 3.81. The number of nitrogen functional groups attached to an aromatic ring is 1. The summed E-state index contributed by atoms with van der Waals surface area (Å²) in [6.45, 7) is 4.14. The Morgan fingerprint density at radius 3 is 2.42 bits per heavy atom. The second-order valence-corrected chi connectivity index (χ2v) is 5.58. The summed E-state index contributed by atoms with van der Waals surface area (Å²) in [4.78, 5) is 13.3. The van der Waals surface area contributed by atoms with E-state index < -0.39 is 5.91 Å². The maximum atomic E-state index is 11.4. The third-order valence-corrected chi connectivity index (χ3v) is 4.04.